The molecular formula is C18H25N3O2. The minimum Gasteiger partial charge on any atom is -0.396 e. The van der Waals surface area contributed by atoms with Crippen LogP contribution >= 0.6 is 0 Å². The molecule has 0 saturated carbocycles. The molecule has 1 unspecified atom stereocenters. The van der Waals surface area contributed by atoms with E-state index in [1.807, 2.05) is 30.3 Å². The van der Waals surface area contributed by atoms with Crippen LogP contribution in [0.1, 0.15) is 32.1 Å². The third-order valence-electron chi connectivity index (χ3n) is 4.37. The van der Waals surface area contributed by atoms with E-state index in [1.54, 1.807) is 4.90 Å². The van der Waals surface area contributed by atoms with E-state index in [-0.39, 0.29) is 18.6 Å². The smallest absolute Gasteiger partial charge is 0.241 e. The number of para-hydroxylation sites is 1. The number of carbonyl (C=O) groups excluding carboxylic acids is 1. The number of rotatable bonds is 7. The predicted molar refractivity (Wildman–Crippen MR) is 89.9 cm³/mol. The van der Waals surface area contributed by atoms with Gasteiger partial charge in [0.05, 0.1) is 19.0 Å². The van der Waals surface area contributed by atoms with Gasteiger partial charge in [-0.2, -0.15) is 5.26 Å². The quantitative estimate of drug-likeness (QED) is 0.837. The molecule has 2 rings (SSSR count). The summed E-state index contributed by atoms with van der Waals surface area (Å²) in [4.78, 5) is 16.7. The summed E-state index contributed by atoms with van der Waals surface area (Å²) in [7, 11) is 0. The Morgan fingerprint density at radius 2 is 2.13 bits per heavy atom. The van der Waals surface area contributed by atoms with Crippen molar-refractivity contribution >= 4 is 11.6 Å². The zero-order valence-electron chi connectivity index (χ0n) is 13.5. The number of aliphatic hydroxyl groups is 1. The van der Waals surface area contributed by atoms with Gasteiger partial charge in [0.2, 0.25) is 5.91 Å². The van der Waals surface area contributed by atoms with Crippen LogP contribution in [0.25, 0.3) is 0 Å². The zero-order chi connectivity index (χ0) is 16.5. The molecule has 0 aliphatic carbocycles. The average molecular weight is 315 g/mol. The minimum absolute atomic E-state index is 0.0243. The number of hydrogen-bond acceptors (Lipinski definition) is 4. The standard InChI is InChI=1S/C18H25N3O2/c19-11-6-13-21(17-8-2-1-3-9-17)18(23)15-20-12-5-4-7-16(20)10-14-22/h1-3,8-9,16,22H,4-7,10,12-15H2. The van der Waals surface area contributed by atoms with Crippen LogP contribution in [0.15, 0.2) is 30.3 Å². The zero-order valence-corrected chi connectivity index (χ0v) is 13.5. The molecule has 1 fully saturated rings. The molecule has 5 heteroatoms. The normalized spacial score (nSPS) is 18.3. The second kappa shape index (κ2) is 9.29. The van der Waals surface area contributed by atoms with Crippen molar-refractivity contribution in [1.82, 2.24) is 4.90 Å². The maximum Gasteiger partial charge on any atom is 0.241 e. The van der Waals surface area contributed by atoms with E-state index in [9.17, 15) is 9.90 Å². The summed E-state index contributed by atoms with van der Waals surface area (Å²) in [5, 5.41) is 18.1. The lowest BCUT2D eigenvalue weighted by Gasteiger charge is -2.36. The van der Waals surface area contributed by atoms with Crippen molar-refractivity contribution in [2.75, 3.05) is 31.1 Å². The number of piperidine rings is 1. The number of hydrogen-bond donors (Lipinski definition) is 1. The fourth-order valence-corrected chi connectivity index (χ4v) is 3.17. The van der Waals surface area contributed by atoms with Crippen LogP contribution in [0.4, 0.5) is 5.69 Å². The lowest BCUT2D eigenvalue weighted by molar-refractivity contribution is -0.120. The topological polar surface area (TPSA) is 67.6 Å². The van der Waals surface area contributed by atoms with E-state index >= 15 is 0 Å². The highest BCUT2D eigenvalue weighted by atomic mass is 16.3. The van der Waals surface area contributed by atoms with Crippen molar-refractivity contribution in [3.8, 4) is 6.07 Å². The van der Waals surface area contributed by atoms with Crippen LogP contribution < -0.4 is 4.90 Å². The van der Waals surface area contributed by atoms with Gasteiger partial charge in [-0.05, 0) is 37.9 Å². The van der Waals surface area contributed by atoms with E-state index < -0.39 is 0 Å². The molecule has 1 N–H and O–H groups in total. The van der Waals surface area contributed by atoms with Gasteiger partial charge in [0.25, 0.3) is 0 Å². The Morgan fingerprint density at radius 3 is 2.83 bits per heavy atom. The van der Waals surface area contributed by atoms with Crippen LogP contribution in [0.5, 0.6) is 0 Å². The first-order chi connectivity index (χ1) is 11.3. The third kappa shape index (κ3) is 5.05. The van der Waals surface area contributed by atoms with Gasteiger partial charge in [-0.25, -0.2) is 0 Å². The number of nitriles is 1. The lowest BCUT2D eigenvalue weighted by Crippen LogP contribution is -2.47. The second-order valence-electron chi connectivity index (χ2n) is 5.92. The van der Waals surface area contributed by atoms with Gasteiger partial charge in [-0.15, -0.1) is 0 Å². The Bertz CT molecular complexity index is 525. The molecule has 0 aromatic heterocycles. The molecule has 1 aliphatic rings. The average Bonchev–Trinajstić information content (AvgIpc) is 2.58. The van der Waals surface area contributed by atoms with E-state index in [1.165, 1.54) is 0 Å². The maximum atomic E-state index is 12.8. The largest absolute Gasteiger partial charge is 0.396 e. The van der Waals surface area contributed by atoms with Crippen molar-refractivity contribution in [1.29, 1.82) is 5.26 Å². The Morgan fingerprint density at radius 1 is 1.35 bits per heavy atom. The Balaban J connectivity index is 2.06. The van der Waals surface area contributed by atoms with Gasteiger partial charge in [0.1, 0.15) is 0 Å². The molecule has 124 valence electrons. The van der Waals surface area contributed by atoms with Crippen LogP contribution in [0, 0.1) is 11.3 Å². The number of aliphatic hydroxyl groups excluding tert-OH is 1. The molecule has 0 spiro atoms. The molecule has 5 nitrogen and oxygen atoms in total. The number of nitrogens with zero attached hydrogens (tertiary/aromatic N) is 3. The van der Waals surface area contributed by atoms with Crippen molar-refractivity contribution in [2.45, 2.75) is 38.1 Å². The summed E-state index contributed by atoms with van der Waals surface area (Å²) in [6.07, 6.45) is 4.33. The Labute approximate surface area is 138 Å². The summed E-state index contributed by atoms with van der Waals surface area (Å²) in [5.74, 6) is 0.0243. The van der Waals surface area contributed by atoms with Gasteiger partial charge in [0, 0.05) is 24.9 Å². The molecule has 1 aromatic carbocycles. The molecule has 0 radical (unpaired) electrons. The first-order valence-electron chi connectivity index (χ1n) is 8.33. The molecule has 0 bridgehead atoms. The summed E-state index contributed by atoms with van der Waals surface area (Å²) >= 11 is 0. The molecule has 1 saturated heterocycles. The van der Waals surface area contributed by atoms with Crippen LogP contribution in [-0.4, -0.2) is 48.2 Å². The van der Waals surface area contributed by atoms with Crippen molar-refractivity contribution in [3.63, 3.8) is 0 Å². The fraction of sp³-hybridized carbons (Fsp3) is 0.556. The maximum absolute atomic E-state index is 12.8. The van der Waals surface area contributed by atoms with Gasteiger partial charge < -0.3 is 10.0 Å². The SMILES string of the molecule is N#CCCN(C(=O)CN1CCCCC1CCO)c1ccccc1. The highest BCUT2D eigenvalue weighted by molar-refractivity contribution is 5.94. The molecule has 1 aliphatic heterocycles. The lowest BCUT2D eigenvalue weighted by atomic mass is 9.99. The molecular weight excluding hydrogens is 290 g/mol. The van der Waals surface area contributed by atoms with Crippen LogP contribution in [-0.2, 0) is 4.79 Å². The fourth-order valence-electron chi connectivity index (χ4n) is 3.17. The van der Waals surface area contributed by atoms with Gasteiger partial charge >= 0.3 is 0 Å². The summed E-state index contributed by atoms with van der Waals surface area (Å²) in [6.45, 7) is 1.83. The number of anilines is 1. The number of likely N-dealkylation sites (tertiary alicyclic amines) is 1. The number of carbonyl (C=O) groups is 1. The molecule has 1 atom stereocenters. The van der Waals surface area contributed by atoms with E-state index in [4.69, 9.17) is 5.26 Å². The van der Waals surface area contributed by atoms with Gasteiger partial charge in [0.15, 0.2) is 0 Å². The summed E-state index contributed by atoms with van der Waals surface area (Å²) < 4.78 is 0. The van der Waals surface area contributed by atoms with Gasteiger partial charge in [-0.3, -0.25) is 9.69 Å². The summed E-state index contributed by atoms with van der Waals surface area (Å²) in [5.41, 5.74) is 0.837. The highest BCUT2D eigenvalue weighted by Gasteiger charge is 2.26. The van der Waals surface area contributed by atoms with E-state index in [2.05, 4.69) is 11.0 Å². The first kappa shape index (κ1) is 17.5. The van der Waals surface area contributed by atoms with Crippen LogP contribution in [0.2, 0.25) is 0 Å². The number of amides is 1. The third-order valence-corrected chi connectivity index (χ3v) is 4.37. The van der Waals surface area contributed by atoms with Crippen molar-refractivity contribution < 1.29 is 9.90 Å². The highest BCUT2D eigenvalue weighted by Crippen LogP contribution is 2.21. The minimum atomic E-state index is 0.0243. The number of benzene rings is 1. The molecule has 1 amide bonds. The van der Waals surface area contributed by atoms with Crippen LogP contribution in [0.3, 0.4) is 0 Å². The Hall–Kier alpha value is -1.90. The monoisotopic (exact) mass is 315 g/mol. The summed E-state index contributed by atoms with van der Waals surface area (Å²) in [6, 6.07) is 11.9. The first-order valence-corrected chi connectivity index (χ1v) is 8.33. The Kier molecular flexibility index (Phi) is 7.05. The van der Waals surface area contributed by atoms with E-state index in [0.29, 0.717) is 19.5 Å². The molecule has 1 heterocycles. The van der Waals surface area contributed by atoms with Crippen molar-refractivity contribution in [2.24, 2.45) is 0 Å². The second-order valence-corrected chi connectivity index (χ2v) is 5.92. The van der Waals surface area contributed by atoms with Gasteiger partial charge in [-0.1, -0.05) is 24.6 Å². The molecule has 1 aromatic rings. The van der Waals surface area contributed by atoms with Crippen molar-refractivity contribution in [3.05, 3.63) is 30.3 Å². The van der Waals surface area contributed by atoms with E-state index in [0.717, 1.165) is 37.9 Å². The molecule has 23 heavy (non-hydrogen) atoms. The predicted octanol–water partition coefficient (Wildman–Crippen LogP) is 2.17.